The molecule has 2 heterocycles. The van der Waals surface area contributed by atoms with Crippen molar-refractivity contribution in [3.63, 3.8) is 0 Å². The molecular weight excluding hydrogens is 280 g/mol. The molecule has 20 heavy (non-hydrogen) atoms. The van der Waals surface area contributed by atoms with Crippen molar-refractivity contribution in [2.45, 2.75) is 31.8 Å². The van der Waals surface area contributed by atoms with Crippen LogP contribution in [-0.2, 0) is 11.3 Å². The normalized spacial score (nSPS) is 22.2. The molecule has 0 bridgehead atoms. The fourth-order valence-electron chi connectivity index (χ4n) is 2.16. The van der Waals surface area contributed by atoms with Crippen LogP contribution in [0.2, 0.25) is 0 Å². The van der Waals surface area contributed by atoms with Crippen LogP contribution in [0.25, 0.3) is 0 Å². The van der Waals surface area contributed by atoms with Gasteiger partial charge >= 0.3 is 12.0 Å². The van der Waals surface area contributed by atoms with Crippen LogP contribution in [0.15, 0.2) is 22.8 Å². The summed E-state index contributed by atoms with van der Waals surface area (Å²) >= 11 is 1.51. The van der Waals surface area contributed by atoms with E-state index in [4.69, 9.17) is 4.42 Å². The van der Waals surface area contributed by atoms with E-state index in [0.717, 1.165) is 0 Å². The van der Waals surface area contributed by atoms with Gasteiger partial charge in [0.15, 0.2) is 0 Å². The van der Waals surface area contributed by atoms with E-state index in [9.17, 15) is 14.7 Å². The summed E-state index contributed by atoms with van der Waals surface area (Å²) in [7, 11) is 0. The van der Waals surface area contributed by atoms with Gasteiger partial charge in [-0.1, -0.05) is 13.8 Å². The Bertz CT molecular complexity index is 475. The number of hydrogen-bond acceptors (Lipinski definition) is 4. The molecule has 2 atom stereocenters. The van der Waals surface area contributed by atoms with E-state index in [0.29, 0.717) is 11.5 Å². The number of carboxylic acid groups (broad SMARTS) is 1. The molecule has 2 unspecified atom stereocenters. The van der Waals surface area contributed by atoms with Gasteiger partial charge in [0.25, 0.3) is 0 Å². The van der Waals surface area contributed by atoms with Crippen molar-refractivity contribution in [2.75, 3.05) is 5.75 Å². The first-order valence-corrected chi connectivity index (χ1v) is 7.48. The Morgan fingerprint density at radius 1 is 1.60 bits per heavy atom. The number of nitrogens with zero attached hydrogens (tertiary/aromatic N) is 1. The van der Waals surface area contributed by atoms with Crippen LogP contribution in [0, 0.1) is 5.92 Å². The number of carbonyl (C=O) groups excluding carboxylic acids is 1. The molecule has 1 aromatic heterocycles. The van der Waals surface area contributed by atoms with Crippen molar-refractivity contribution in [1.82, 2.24) is 10.2 Å². The molecule has 0 aliphatic carbocycles. The minimum Gasteiger partial charge on any atom is -0.480 e. The Labute approximate surface area is 121 Å². The average molecular weight is 298 g/mol. The molecule has 7 heteroatoms. The van der Waals surface area contributed by atoms with Gasteiger partial charge in [0.05, 0.1) is 18.2 Å². The van der Waals surface area contributed by atoms with E-state index < -0.39 is 12.0 Å². The number of hydrogen-bond donors (Lipinski definition) is 2. The van der Waals surface area contributed by atoms with Gasteiger partial charge in [-0.3, -0.25) is 4.90 Å². The molecule has 1 fully saturated rings. The van der Waals surface area contributed by atoms with E-state index in [2.05, 4.69) is 5.32 Å². The number of nitrogens with one attached hydrogen (secondary N) is 1. The zero-order valence-corrected chi connectivity index (χ0v) is 12.2. The monoisotopic (exact) mass is 298 g/mol. The zero-order chi connectivity index (χ0) is 14.7. The van der Waals surface area contributed by atoms with Crippen LogP contribution in [-0.4, -0.2) is 39.2 Å². The van der Waals surface area contributed by atoms with Crippen LogP contribution in [0.4, 0.5) is 4.79 Å². The number of thioether (sulfide) groups is 1. The summed E-state index contributed by atoms with van der Waals surface area (Å²) in [5, 5.41) is 11.8. The number of rotatable bonds is 4. The van der Waals surface area contributed by atoms with E-state index in [-0.39, 0.29) is 23.9 Å². The van der Waals surface area contributed by atoms with Gasteiger partial charge in [0.1, 0.15) is 11.8 Å². The zero-order valence-electron chi connectivity index (χ0n) is 11.4. The predicted octanol–water partition coefficient (Wildman–Crippen LogP) is 1.97. The predicted molar refractivity (Wildman–Crippen MR) is 75.3 cm³/mol. The molecule has 2 rings (SSSR count). The van der Waals surface area contributed by atoms with E-state index in [1.807, 2.05) is 13.8 Å². The molecule has 0 spiro atoms. The van der Waals surface area contributed by atoms with Crippen molar-refractivity contribution >= 4 is 23.8 Å². The smallest absolute Gasteiger partial charge is 0.327 e. The Balaban J connectivity index is 2.04. The SMILES string of the molecule is CC(C)C1SCC(C(=O)O)N1C(=O)NCc1ccco1. The second kappa shape index (κ2) is 6.21. The molecule has 1 saturated heterocycles. The third-order valence-electron chi connectivity index (χ3n) is 3.12. The molecule has 2 amide bonds. The Morgan fingerprint density at radius 3 is 2.90 bits per heavy atom. The third kappa shape index (κ3) is 3.09. The summed E-state index contributed by atoms with van der Waals surface area (Å²) in [6.07, 6.45) is 1.53. The molecule has 1 aromatic rings. The lowest BCUT2D eigenvalue weighted by atomic mass is 10.2. The highest BCUT2D eigenvalue weighted by atomic mass is 32.2. The number of furan rings is 1. The van der Waals surface area contributed by atoms with Gasteiger partial charge in [-0.25, -0.2) is 9.59 Å². The summed E-state index contributed by atoms with van der Waals surface area (Å²) in [6, 6.07) is 2.36. The topological polar surface area (TPSA) is 82.8 Å². The summed E-state index contributed by atoms with van der Waals surface area (Å²) in [5.74, 6) is 0.289. The first-order valence-electron chi connectivity index (χ1n) is 6.43. The van der Waals surface area contributed by atoms with Crippen LogP contribution in [0.3, 0.4) is 0 Å². The molecule has 0 aromatic carbocycles. The number of aliphatic carboxylic acids is 1. The average Bonchev–Trinajstić information content (AvgIpc) is 3.04. The van der Waals surface area contributed by atoms with Gasteiger partial charge in [-0.2, -0.15) is 0 Å². The maximum Gasteiger partial charge on any atom is 0.327 e. The minimum absolute atomic E-state index is 0.118. The quantitative estimate of drug-likeness (QED) is 0.888. The number of carbonyl (C=O) groups is 2. The lowest BCUT2D eigenvalue weighted by molar-refractivity contribution is -0.141. The number of amides is 2. The molecule has 110 valence electrons. The third-order valence-corrected chi connectivity index (χ3v) is 4.74. The van der Waals surface area contributed by atoms with Crippen molar-refractivity contribution in [1.29, 1.82) is 0 Å². The maximum absolute atomic E-state index is 12.3. The van der Waals surface area contributed by atoms with Crippen LogP contribution in [0.5, 0.6) is 0 Å². The first-order chi connectivity index (χ1) is 9.50. The molecule has 6 nitrogen and oxygen atoms in total. The Morgan fingerprint density at radius 2 is 2.35 bits per heavy atom. The van der Waals surface area contributed by atoms with Gasteiger partial charge in [-0.15, -0.1) is 11.8 Å². The van der Waals surface area contributed by atoms with Gasteiger partial charge in [0.2, 0.25) is 0 Å². The van der Waals surface area contributed by atoms with Crippen LogP contribution >= 0.6 is 11.8 Å². The van der Waals surface area contributed by atoms with Crippen molar-refractivity contribution in [2.24, 2.45) is 5.92 Å². The highest BCUT2D eigenvalue weighted by Crippen LogP contribution is 2.34. The highest BCUT2D eigenvalue weighted by molar-refractivity contribution is 8.00. The van der Waals surface area contributed by atoms with E-state index in [1.165, 1.54) is 22.9 Å². The van der Waals surface area contributed by atoms with Crippen LogP contribution in [0.1, 0.15) is 19.6 Å². The molecule has 0 radical (unpaired) electrons. The minimum atomic E-state index is -0.964. The standard InChI is InChI=1S/C13H18N2O4S/c1-8(2)11-15(10(7-20-11)12(16)17)13(18)14-6-9-4-3-5-19-9/h3-5,8,10-11H,6-7H2,1-2H3,(H,14,18)(H,16,17). The van der Waals surface area contributed by atoms with Gasteiger partial charge in [0, 0.05) is 5.75 Å². The Kier molecular flexibility index (Phi) is 4.59. The Hall–Kier alpha value is -1.63. The largest absolute Gasteiger partial charge is 0.480 e. The lowest BCUT2D eigenvalue weighted by Crippen LogP contribution is -2.51. The lowest BCUT2D eigenvalue weighted by Gasteiger charge is -2.29. The van der Waals surface area contributed by atoms with Crippen LogP contribution < -0.4 is 5.32 Å². The molecular formula is C13H18N2O4S. The second-order valence-corrected chi connectivity index (χ2v) is 6.12. The summed E-state index contributed by atoms with van der Waals surface area (Å²) in [5.41, 5.74) is 0. The van der Waals surface area contributed by atoms with Crippen molar-refractivity contribution in [3.05, 3.63) is 24.2 Å². The fourth-order valence-corrected chi connectivity index (χ4v) is 3.63. The molecule has 2 N–H and O–H groups in total. The fraction of sp³-hybridized carbons (Fsp3) is 0.538. The maximum atomic E-state index is 12.3. The number of carboxylic acids is 1. The highest BCUT2D eigenvalue weighted by Gasteiger charge is 2.42. The van der Waals surface area contributed by atoms with Crippen molar-refractivity contribution < 1.29 is 19.1 Å². The molecule has 0 saturated carbocycles. The first kappa shape index (κ1) is 14.8. The number of urea groups is 1. The van der Waals surface area contributed by atoms with Crippen molar-refractivity contribution in [3.8, 4) is 0 Å². The second-order valence-electron chi connectivity index (χ2n) is 4.97. The van der Waals surface area contributed by atoms with Gasteiger partial charge < -0.3 is 14.8 Å². The summed E-state index contributed by atoms with van der Waals surface area (Å²) in [6.45, 7) is 4.22. The molecule has 1 aliphatic rings. The van der Waals surface area contributed by atoms with Gasteiger partial charge in [-0.05, 0) is 18.1 Å². The van der Waals surface area contributed by atoms with E-state index >= 15 is 0 Å². The summed E-state index contributed by atoms with van der Waals surface area (Å²) < 4.78 is 5.14. The van der Waals surface area contributed by atoms with E-state index in [1.54, 1.807) is 12.1 Å². The molecule has 1 aliphatic heterocycles. The summed E-state index contributed by atoms with van der Waals surface area (Å²) in [4.78, 5) is 25.0.